The second-order valence-electron chi connectivity index (χ2n) is 4.96. The Bertz CT molecular complexity index is 492. The largest absolute Gasteiger partial charge is 0.353 e. The van der Waals surface area contributed by atoms with Crippen LogP contribution in [0, 0.1) is 16.0 Å². The van der Waals surface area contributed by atoms with Crippen molar-refractivity contribution in [3.63, 3.8) is 0 Å². The molecular weight excluding hydrogens is 234 g/mol. The molecule has 2 atom stereocenters. The number of nitrogen functional groups attached to an aromatic ring is 1. The van der Waals surface area contributed by atoms with Crippen LogP contribution in [0.25, 0.3) is 0 Å². The van der Waals surface area contributed by atoms with Gasteiger partial charge in [0, 0.05) is 12.6 Å². The fourth-order valence-corrected chi connectivity index (χ4v) is 3.03. The molecule has 2 fully saturated rings. The number of hydrogen-bond acceptors (Lipinski definition) is 6. The molecule has 1 aromatic rings. The Morgan fingerprint density at radius 1 is 1.50 bits per heavy atom. The van der Waals surface area contributed by atoms with Gasteiger partial charge in [-0.05, 0) is 25.2 Å². The summed E-state index contributed by atoms with van der Waals surface area (Å²) in [6, 6.07) is 3.36. The van der Waals surface area contributed by atoms with E-state index in [2.05, 4.69) is 15.3 Å². The fraction of sp³-hybridized carbons (Fsp3) is 0.545. The van der Waals surface area contributed by atoms with E-state index in [9.17, 15) is 10.1 Å². The number of fused-ring (bicyclic) bond motifs is 2. The van der Waals surface area contributed by atoms with Gasteiger partial charge in [-0.3, -0.25) is 10.1 Å². The maximum Gasteiger partial charge on any atom is 0.276 e. The highest BCUT2D eigenvalue weighted by molar-refractivity contribution is 5.56. The SMILES string of the molecule is NNc1cc([N+](=O)[O-])cc(N2CC3CCC2C3)n1. The van der Waals surface area contributed by atoms with Gasteiger partial charge >= 0.3 is 0 Å². The first kappa shape index (κ1) is 11.2. The third-order valence-corrected chi connectivity index (χ3v) is 3.86. The number of nitrogens with two attached hydrogens (primary N) is 1. The van der Waals surface area contributed by atoms with Crippen LogP contribution in [0.1, 0.15) is 19.3 Å². The number of piperidine rings is 1. The summed E-state index contributed by atoms with van der Waals surface area (Å²) < 4.78 is 0. The molecule has 1 aromatic heterocycles. The molecule has 7 nitrogen and oxygen atoms in total. The number of hydrogen-bond donors (Lipinski definition) is 2. The maximum absolute atomic E-state index is 10.9. The van der Waals surface area contributed by atoms with Gasteiger partial charge in [-0.25, -0.2) is 10.8 Å². The summed E-state index contributed by atoms with van der Waals surface area (Å²) in [7, 11) is 0. The molecule has 3 rings (SSSR count). The summed E-state index contributed by atoms with van der Waals surface area (Å²) in [5, 5.41) is 10.9. The Labute approximate surface area is 104 Å². The number of rotatable bonds is 3. The molecule has 3 N–H and O–H groups in total. The van der Waals surface area contributed by atoms with Crippen molar-refractivity contribution in [2.75, 3.05) is 16.9 Å². The Hall–Kier alpha value is -1.89. The van der Waals surface area contributed by atoms with Gasteiger partial charge in [0.25, 0.3) is 5.69 Å². The van der Waals surface area contributed by atoms with E-state index in [-0.39, 0.29) is 5.69 Å². The number of aromatic nitrogens is 1. The Morgan fingerprint density at radius 3 is 2.89 bits per heavy atom. The van der Waals surface area contributed by atoms with Gasteiger partial charge in [0.05, 0.1) is 17.1 Å². The summed E-state index contributed by atoms with van der Waals surface area (Å²) in [5.74, 6) is 7.01. The number of hydrazine groups is 1. The molecule has 7 heteroatoms. The lowest BCUT2D eigenvalue weighted by molar-refractivity contribution is -0.384. The summed E-state index contributed by atoms with van der Waals surface area (Å²) in [4.78, 5) is 17.0. The van der Waals surface area contributed by atoms with Crippen molar-refractivity contribution in [1.82, 2.24) is 4.98 Å². The molecule has 1 aliphatic heterocycles. The lowest BCUT2D eigenvalue weighted by Crippen LogP contribution is -2.32. The van der Waals surface area contributed by atoms with E-state index in [0.29, 0.717) is 23.6 Å². The van der Waals surface area contributed by atoms with Crippen LogP contribution < -0.4 is 16.2 Å². The van der Waals surface area contributed by atoms with Crippen molar-refractivity contribution in [2.45, 2.75) is 25.3 Å². The lowest BCUT2D eigenvalue weighted by Gasteiger charge is -2.28. The van der Waals surface area contributed by atoms with Crippen LogP contribution in [0.4, 0.5) is 17.3 Å². The topological polar surface area (TPSA) is 97.3 Å². The van der Waals surface area contributed by atoms with E-state index < -0.39 is 4.92 Å². The fourth-order valence-electron chi connectivity index (χ4n) is 3.03. The monoisotopic (exact) mass is 249 g/mol. The van der Waals surface area contributed by atoms with Crippen LogP contribution in [0.2, 0.25) is 0 Å². The number of anilines is 2. The molecule has 2 aliphatic rings. The minimum absolute atomic E-state index is 0.0238. The van der Waals surface area contributed by atoms with E-state index in [0.717, 1.165) is 13.0 Å². The first-order valence-electron chi connectivity index (χ1n) is 6.07. The third kappa shape index (κ3) is 1.76. The average Bonchev–Trinajstić information content (AvgIpc) is 3.00. The predicted molar refractivity (Wildman–Crippen MR) is 67.2 cm³/mol. The number of nitrogens with one attached hydrogen (secondary N) is 1. The second-order valence-corrected chi connectivity index (χ2v) is 4.96. The summed E-state index contributed by atoms with van der Waals surface area (Å²) in [5.41, 5.74) is 2.41. The van der Waals surface area contributed by atoms with Crippen molar-refractivity contribution in [1.29, 1.82) is 0 Å². The normalized spacial score (nSPS) is 25.5. The summed E-state index contributed by atoms with van der Waals surface area (Å²) in [6.45, 7) is 0.947. The lowest BCUT2D eigenvalue weighted by atomic mass is 10.1. The molecule has 0 spiro atoms. The Morgan fingerprint density at radius 2 is 2.33 bits per heavy atom. The molecule has 1 saturated carbocycles. The number of nitro groups is 1. The zero-order chi connectivity index (χ0) is 12.7. The third-order valence-electron chi connectivity index (χ3n) is 3.86. The van der Waals surface area contributed by atoms with Crippen molar-refractivity contribution in [3.8, 4) is 0 Å². The highest BCUT2D eigenvalue weighted by atomic mass is 16.6. The van der Waals surface area contributed by atoms with Crippen molar-refractivity contribution < 1.29 is 4.92 Å². The Kier molecular flexibility index (Phi) is 2.55. The highest BCUT2D eigenvalue weighted by Crippen LogP contribution is 2.40. The Balaban J connectivity index is 1.96. The van der Waals surface area contributed by atoms with Crippen LogP contribution in [-0.4, -0.2) is 22.5 Å². The minimum atomic E-state index is -0.416. The molecule has 1 aliphatic carbocycles. The quantitative estimate of drug-likeness (QED) is 0.475. The van der Waals surface area contributed by atoms with Gasteiger partial charge in [-0.1, -0.05) is 0 Å². The van der Waals surface area contributed by atoms with E-state index in [1.54, 1.807) is 0 Å². The van der Waals surface area contributed by atoms with Crippen molar-refractivity contribution >= 4 is 17.3 Å². The summed E-state index contributed by atoms with van der Waals surface area (Å²) >= 11 is 0. The molecular formula is C11H15N5O2. The minimum Gasteiger partial charge on any atom is -0.353 e. The zero-order valence-corrected chi connectivity index (χ0v) is 9.87. The number of nitrogens with zero attached hydrogens (tertiary/aromatic N) is 3. The van der Waals surface area contributed by atoms with Crippen LogP contribution >= 0.6 is 0 Å². The van der Waals surface area contributed by atoms with E-state index in [1.807, 2.05) is 0 Å². The van der Waals surface area contributed by atoms with Gasteiger partial charge in [0.2, 0.25) is 0 Å². The van der Waals surface area contributed by atoms with Gasteiger partial charge in [0.15, 0.2) is 0 Å². The maximum atomic E-state index is 10.9. The number of pyridine rings is 1. The van der Waals surface area contributed by atoms with Crippen LogP contribution in [0.5, 0.6) is 0 Å². The first-order valence-corrected chi connectivity index (χ1v) is 6.07. The van der Waals surface area contributed by atoms with Crippen molar-refractivity contribution in [2.24, 2.45) is 11.8 Å². The molecule has 2 bridgehead atoms. The standard InChI is InChI=1S/C11H15N5O2/c12-14-10-4-9(16(17)18)5-11(13-10)15-6-7-1-2-8(15)3-7/h4-5,7-8H,1-3,6,12H2,(H,13,14). The van der Waals surface area contributed by atoms with Crippen molar-refractivity contribution in [3.05, 3.63) is 22.2 Å². The molecule has 96 valence electrons. The molecule has 0 amide bonds. The van der Waals surface area contributed by atoms with Gasteiger partial charge < -0.3 is 10.3 Å². The smallest absolute Gasteiger partial charge is 0.276 e. The van der Waals surface area contributed by atoms with E-state index >= 15 is 0 Å². The molecule has 2 heterocycles. The van der Waals surface area contributed by atoms with E-state index in [1.165, 1.54) is 25.0 Å². The highest BCUT2D eigenvalue weighted by Gasteiger charge is 2.38. The molecule has 0 aromatic carbocycles. The van der Waals surface area contributed by atoms with Crippen LogP contribution in [-0.2, 0) is 0 Å². The van der Waals surface area contributed by atoms with Gasteiger partial charge in [-0.2, -0.15) is 0 Å². The predicted octanol–water partition coefficient (Wildman–Crippen LogP) is 1.26. The second kappa shape index (κ2) is 4.09. The first-order chi connectivity index (χ1) is 8.67. The van der Waals surface area contributed by atoms with Crippen LogP contribution in [0.15, 0.2) is 12.1 Å². The van der Waals surface area contributed by atoms with Gasteiger partial charge in [0.1, 0.15) is 11.6 Å². The van der Waals surface area contributed by atoms with Gasteiger partial charge in [-0.15, -0.1) is 0 Å². The molecule has 1 saturated heterocycles. The molecule has 2 unspecified atom stereocenters. The molecule has 0 radical (unpaired) electrons. The average molecular weight is 249 g/mol. The molecule has 18 heavy (non-hydrogen) atoms. The van der Waals surface area contributed by atoms with E-state index in [4.69, 9.17) is 5.84 Å². The van der Waals surface area contributed by atoms with Crippen LogP contribution in [0.3, 0.4) is 0 Å². The zero-order valence-electron chi connectivity index (χ0n) is 9.87. The summed E-state index contributed by atoms with van der Waals surface area (Å²) in [6.07, 6.45) is 3.59.